The summed E-state index contributed by atoms with van der Waals surface area (Å²) >= 11 is 0. The van der Waals surface area contributed by atoms with Gasteiger partial charge in [0.25, 0.3) is 5.91 Å². The average Bonchev–Trinajstić information content (AvgIpc) is 2.57. The molecule has 2 aromatic carbocycles. The maximum absolute atomic E-state index is 12.2. The summed E-state index contributed by atoms with van der Waals surface area (Å²) in [5.74, 6) is -2.41. The van der Waals surface area contributed by atoms with Gasteiger partial charge in [-0.15, -0.1) is 0 Å². The van der Waals surface area contributed by atoms with Gasteiger partial charge in [-0.2, -0.15) is 0 Å². The molecule has 0 radical (unpaired) electrons. The van der Waals surface area contributed by atoms with Crippen LogP contribution in [-0.4, -0.2) is 41.3 Å². The number of hydrogen-bond donors (Lipinski definition) is 4. The van der Waals surface area contributed by atoms with Crippen molar-refractivity contribution in [2.45, 2.75) is 13.0 Å². The minimum absolute atomic E-state index is 0.210. The highest BCUT2D eigenvalue weighted by atomic mass is 16.5. The second kappa shape index (κ2) is 6.86. The second-order valence-electron chi connectivity index (χ2n) is 4.95. The Labute approximate surface area is 137 Å². The van der Waals surface area contributed by atoms with E-state index in [4.69, 9.17) is 4.74 Å². The van der Waals surface area contributed by atoms with E-state index < -0.39 is 24.0 Å². The molecule has 1 atom stereocenters. The van der Waals surface area contributed by atoms with Crippen LogP contribution in [0, 0.1) is 0 Å². The third-order valence-corrected chi connectivity index (χ3v) is 3.33. The Morgan fingerprint density at radius 3 is 2.38 bits per heavy atom. The van der Waals surface area contributed by atoms with E-state index in [9.17, 15) is 24.6 Å². The standard InChI is InChI=1S/C16H16N2O6/c1-8(14(21)18-16(23)17-2)24-15(22)11-7-12(19)9-5-3-4-6-10(9)13(11)20/h3-8,19-20H,1-2H3,(H2,17,18,21,23)/t8-/m0/s1. The van der Waals surface area contributed by atoms with E-state index >= 15 is 0 Å². The van der Waals surface area contributed by atoms with Gasteiger partial charge in [0.05, 0.1) is 0 Å². The molecule has 0 aliphatic heterocycles. The molecule has 2 aromatic rings. The molecular weight excluding hydrogens is 316 g/mol. The molecule has 0 aliphatic rings. The number of carbonyl (C=O) groups is 3. The highest BCUT2D eigenvalue weighted by molar-refractivity contribution is 6.04. The zero-order valence-electron chi connectivity index (χ0n) is 13.0. The summed E-state index contributed by atoms with van der Waals surface area (Å²) in [5, 5.41) is 25.0. The van der Waals surface area contributed by atoms with Crippen LogP contribution in [0.5, 0.6) is 11.5 Å². The van der Waals surface area contributed by atoms with Crippen molar-refractivity contribution in [3.63, 3.8) is 0 Å². The third kappa shape index (κ3) is 3.37. The number of benzene rings is 2. The molecule has 0 aliphatic carbocycles. The number of urea groups is 1. The van der Waals surface area contributed by atoms with Gasteiger partial charge in [-0.25, -0.2) is 9.59 Å². The van der Waals surface area contributed by atoms with Crippen LogP contribution in [0.3, 0.4) is 0 Å². The van der Waals surface area contributed by atoms with Crippen LogP contribution >= 0.6 is 0 Å². The van der Waals surface area contributed by atoms with Crippen LogP contribution in [0.25, 0.3) is 10.8 Å². The van der Waals surface area contributed by atoms with Crippen LogP contribution in [0.15, 0.2) is 30.3 Å². The minimum Gasteiger partial charge on any atom is -0.507 e. The van der Waals surface area contributed by atoms with Crippen LogP contribution in [0.1, 0.15) is 17.3 Å². The molecule has 4 N–H and O–H groups in total. The summed E-state index contributed by atoms with van der Waals surface area (Å²) in [7, 11) is 1.33. The number of ether oxygens (including phenoxy) is 1. The topological polar surface area (TPSA) is 125 Å². The number of esters is 1. The number of nitrogens with one attached hydrogen (secondary N) is 2. The number of amides is 3. The number of phenolic OH excluding ortho intramolecular Hbond substituents is 2. The number of phenols is 2. The summed E-state index contributed by atoms with van der Waals surface area (Å²) in [6.07, 6.45) is -1.28. The molecule has 0 aromatic heterocycles. The van der Waals surface area contributed by atoms with Crippen LogP contribution < -0.4 is 10.6 Å². The van der Waals surface area contributed by atoms with E-state index in [-0.39, 0.29) is 22.4 Å². The molecule has 3 amide bonds. The van der Waals surface area contributed by atoms with E-state index in [0.717, 1.165) is 6.07 Å². The molecule has 126 valence electrons. The molecule has 24 heavy (non-hydrogen) atoms. The average molecular weight is 332 g/mol. The molecule has 0 saturated carbocycles. The first kappa shape index (κ1) is 17.1. The van der Waals surface area contributed by atoms with Gasteiger partial charge in [0.1, 0.15) is 17.1 Å². The van der Waals surface area contributed by atoms with Crippen LogP contribution in [0.2, 0.25) is 0 Å². The van der Waals surface area contributed by atoms with E-state index in [0.29, 0.717) is 5.39 Å². The zero-order chi connectivity index (χ0) is 17.9. The van der Waals surface area contributed by atoms with Gasteiger partial charge in [-0.3, -0.25) is 10.1 Å². The molecule has 8 heteroatoms. The highest BCUT2D eigenvalue weighted by Gasteiger charge is 2.24. The molecule has 0 bridgehead atoms. The highest BCUT2D eigenvalue weighted by Crippen LogP contribution is 2.35. The maximum atomic E-state index is 12.2. The first-order valence-electron chi connectivity index (χ1n) is 7.02. The van der Waals surface area contributed by atoms with Gasteiger partial charge in [0.15, 0.2) is 6.10 Å². The molecule has 0 heterocycles. The smallest absolute Gasteiger partial charge is 0.342 e. The van der Waals surface area contributed by atoms with E-state index in [1.807, 2.05) is 5.32 Å². The number of rotatable bonds is 3. The summed E-state index contributed by atoms with van der Waals surface area (Å²) in [4.78, 5) is 34.9. The molecule has 0 fully saturated rings. The Hall–Kier alpha value is -3.29. The lowest BCUT2D eigenvalue weighted by Gasteiger charge is -2.14. The number of fused-ring (bicyclic) bond motifs is 1. The lowest BCUT2D eigenvalue weighted by atomic mass is 10.0. The Balaban J connectivity index is 2.24. The minimum atomic E-state index is -1.28. The summed E-state index contributed by atoms with van der Waals surface area (Å²) in [6.45, 7) is 1.27. The fourth-order valence-electron chi connectivity index (χ4n) is 2.05. The first-order chi connectivity index (χ1) is 11.3. The van der Waals surface area contributed by atoms with Crippen molar-refractivity contribution in [3.05, 3.63) is 35.9 Å². The maximum Gasteiger partial charge on any atom is 0.342 e. The van der Waals surface area contributed by atoms with Gasteiger partial charge in [-0.1, -0.05) is 24.3 Å². The predicted octanol–water partition coefficient (Wildman–Crippen LogP) is 1.25. The lowest BCUT2D eigenvalue weighted by molar-refractivity contribution is -0.127. The number of aromatic hydroxyl groups is 2. The van der Waals surface area contributed by atoms with Crippen molar-refractivity contribution in [3.8, 4) is 11.5 Å². The first-order valence-corrected chi connectivity index (χ1v) is 7.02. The number of carbonyl (C=O) groups excluding carboxylic acids is 3. The summed E-state index contributed by atoms with van der Waals surface area (Å²) in [5.41, 5.74) is -0.286. The Kier molecular flexibility index (Phi) is 4.88. The molecule has 0 saturated heterocycles. The number of hydrogen-bond acceptors (Lipinski definition) is 6. The van der Waals surface area contributed by atoms with Crippen molar-refractivity contribution in [2.24, 2.45) is 0 Å². The van der Waals surface area contributed by atoms with E-state index in [2.05, 4.69) is 5.32 Å². The molecule has 2 rings (SSSR count). The van der Waals surface area contributed by atoms with Crippen molar-refractivity contribution < 1.29 is 29.3 Å². The second-order valence-corrected chi connectivity index (χ2v) is 4.95. The molecule has 0 spiro atoms. The quantitative estimate of drug-likeness (QED) is 0.495. The largest absolute Gasteiger partial charge is 0.507 e. The van der Waals surface area contributed by atoms with Crippen molar-refractivity contribution in [1.29, 1.82) is 0 Å². The lowest BCUT2D eigenvalue weighted by Crippen LogP contribution is -2.43. The Morgan fingerprint density at radius 1 is 1.12 bits per heavy atom. The zero-order valence-corrected chi connectivity index (χ0v) is 13.0. The monoisotopic (exact) mass is 332 g/mol. The van der Waals surface area contributed by atoms with Crippen molar-refractivity contribution in [2.75, 3.05) is 7.05 Å². The van der Waals surface area contributed by atoms with Crippen molar-refractivity contribution in [1.82, 2.24) is 10.6 Å². The fourth-order valence-corrected chi connectivity index (χ4v) is 2.05. The van der Waals surface area contributed by atoms with Crippen molar-refractivity contribution >= 4 is 28.7 Å². The SMILES string of the molecule is CNC(=O)NC(=O)[C@H](C)OC(=O)c1cc(O)c2ccccc2c1O. The van der Waals surface area contributed by atoms with Crippen LogP contribution in [0.4, 0.5) is 4.79 Å². The van der Waals surface area contributed by atoms with Gasteiger partial charge < -0.3 is 20.3 Å². The fraction of sp³-hybridized carbons (Fsp3) is 0.188. The molecule has 8 nitrogen and oxygen atoms in total. The van der Waals surface area contributed by atoms with E-state index in [1.54, 1.807) is 18.2 Å². The predicted molar refractivity (Wildman–Crippen MR) is 84.8 cm³/mol. The molecular formula is C16H16N2O6. The summed E-state index contributed by atoms with van der Waals surface area (Å²) in [6, 6.07) is 6.74. The van der Waals surface area contributed by atoms with Gasteiger partial charge in [0, 0.05) is 17.8 Å². The van der Waals surface area contributed by atoms with E-state index in [1.165, 1.54) is 20.0 Å². The molecule has 0 unspecified atom stereocenters. The third-order valence-electron chi connectivity index (χ3n) is 3.33. The van der Waals surface area contributed by atoms with Gasteiger partial charge in [-0.05, 0) is 13.0 Å². The summed E-state index contributed by atoms with van der Waals surface area (Å²) < 4.78 is 4.93. The van der Waals surface area contributed by atoms with Gasteiger partial charge >= 0.3 is 12.0 Å². The Bertz CT molecular complexity index is 818. The Morgan fingerprint density at radius 2 is 1.75 bits per heavy atom. The van der Waals surface area contributed by atoms with Crippen LogP contribution in [-0.2, 0) is 9.53 Å². The normalized spacial score (nSPS) is 11.6. The van der Waals surface area contributed by atoms with Gasteiger partial charge in [0.2, 0.25) is 0 Å². The number of imide groups is 1.